The van der Waals surface area contributed by atoms with Gasteiger partial charge in [0.2, 0.25) is 0 Å². The zero-order valence-corrected chi connectivity index (χ0v) is 10.6. The Hall–Kier alpha value is -2.11. The van der Waals surface area contributed by atoms with Crippen molar-refractivity contribution in [3.8, 4) is 5.75 Å². The molecular weight excluding hydrogens is 251 g/mol. The van der Waals surface area contributed by atoms with E-state index in [-0.39, 0.29) is 24.0 Å². The summed E-state index contributed by atoms with van der Waals surface area (Å²) in [6, 6.07) is 4.02. The lowest BCUT2D eigenvalue weighted by molar-refractivity contribution is 0.101. The quantitative estimate of drug-likeness (QED) is 0.820. The number of halogens is 1. The number of amides is 2. The van der Waals surface area contributed by atoms with Gasteiger partial charge in [-0.1, -0.05) is 0 Å². The molecule has 1 aliphatic heterocycles. The Kier molecular flexibility index (Phi) is 3.99. The number of carbonyl (C=O) groups excluding carboxylic acids is 2. The Morgan fingerprint density at radius 3 is 2.89 bits per heavy atom. The first-order valence-corrected chi connectivity index (χ1v) is 6.04. The van der Waals surface area contributed by atoms with E-state index >= 15 is 0 Å². The summed E-state index contributed by atoms with van der Waals surface area (Å²) in [6.07, 6.45) is 0. The molecule has 1 saturated heterocycles. The molecule has 1 aliphatic rings. The van der Waals surface area contributed by atoms with Gasteiger partial charge >= 0.3 is 6.03 Å². The van der Waals surface area contributed by atoms with Gasteiger partial charge in [0.1, 0.15) is 18.2 Å². The average Bonchev–Trinajstić information content (AvgIpc) is 2.75. The van der Waals surface area contributed by atoms with E-state index in [0.29, 0.717) is 25.4 Å². The van der Waals surface area contributed by atoms with E-state index in [1.807, 2.05) is 0 Å². The Morgan fingerprint density at radius 1 is 1.53 bits per heavy atom. The van der Waals surface area contributed by atoms with Gasteiger partial charge in [0.25, 0.3) is 0 Å². The fraction of sp³-hybridized carbons (Fsp3) is 0.385. The molecule has 1 aromatic carbocycles. The highest BCUT2D eigenvalue weighted by atomic mass is 19.1. The molecule has 102 valence electrons. The Balaban J connectivity index is 1.88. The van der Waals surface area contributed by atoms with Crippen molar-refractivity contribution in [2.45, 2.75) is 6.92 Å². The number of hydrogen-bond acceptors (Lipinski definition) is 3. The van der Waals surface area contributed by atoms with E-state index in [1.165, 1.54) is 19.1 Å². The highest BCUT2D eigenvalue weighted by molar-refractivity contribution is 5.94. The van der Waals surface area contributed by atoms with E-state index in [4.69, 9.17) is 4.74 Å². The molecule has 0 aliphatic carbocycles. The molecule has 0 spiro atoms. The molecule has 1 heterocycles. The zero-order valence-electron chi connectivity index (χ0n) is 10.6. The summed E-state index contributed by atoms with van der Waals surface area (Å²) in [7, 11) is 0. The molecule has 0 radical (unpaired) electrons. The molecule has 0 atom stereocenters. The minimum Gasteiger partial charge on any atom is -0.492 e. The van der Waals surface area contributed by atoms with Crippen LogP contribution in [0.4, 0.5) is 9.18 Å². The van der Waals surface area contributed by atoms with Crippen LogP contribution in [0.15, 0.2) is 18.2 Å². The molecule has 2 amide bonds. The second-order valence-electron chi connectivity index (χ2n) is 4.27. The first kappa shape index (κ1) is 13.3. The molecule has 1 N–H and O–H groups in total. The van der Waals surface area contributed by atoms with Gasteiger partial charge in [-0.25, -0.2) is 9.18 Å². The van der Waals surface area contributed by atoms with Crippen molar-refractivity contribution in [2.24, 2.45) is 0 Å². The average molecular weight is 266 g/mol. The fourth-order valence-electron chi connectivity index (χ4n) is 1.87. The van der Waals surface area contributed by atoms with Crippen LogP contribution in [-0.4, -0.2) is 43.0 Å². The van der Waals surface area contributed by atoms with Gasteiger partial charge in [-0.2, -0.15) is 0 Å². The first-order valence-electron chi connectivity index (χ1n) is 6.04. The summed E-state index contributed by atoms with van der Waals surface area (Å²) < 4.78 is 18.9. The summed E-state index contributed by atoms with van der Waals surface area (Å²) in [4.78, 5) is 23.9. The van der Waals surface area contributed by atoms with Crippen molar-refractivity contribution in [3.05, 3.63) is 29.6 Å². The second kappa shape index (κ2) is 5.69. The first-order chi connectivity index (χ1) is 9.08. The lowest BCUT2D eigenvalue weighted by atomic mass is 10.1. The number of hydrogen-bond donors (Lipinski definition) is 1. The molecule has 0 aromatic heterocycles. The van der Waals surface area contributed by atoms with E-state index in [2.05, 4.69) is 5.32 Å². The minimum absolute atomic E-state index is 0.0475. The minimum atomic E-state index is -0.594. The smallest absolute Gasteiger partial charge is 0.317 e. The van der Waals surface area contributed by atoms with Crippen LogP contribution in [0, 0.1) is 5.82 Å². The van der Waals surface area contributed by atoms with Crippen LogP contribution >= 0.6 is 0 Å². The van der Waals surface area contributed by atoms with Gasteiger partial charge in [-0.05, 0) is 19.1 Å². The molecule has 19 heavy (non-hydrogen) atoms. The predicted molar refractivity (Wildman–Crippen MR) is 66.9 cm³/mol. The van der Waals surface area contributed by atoms with Crippen LogP contribution in [0.25, 0.3) is 0 Å². The van der Waals surface area contributed by atoms with Crippen LogP contribution in [0.1, 0.15) is 17.3 Å². The van der Waals surface area contributed by atoms with Crippen LogP contribution in [0.2, 0.25) is 0 Å². The third kappa shape index (κ3) is 3.21. The maximum Gasteiger partial charge on any atom is 0.317 e. The molecule has 0 saturated carbocycles. The molecular formula is C13H15FN2O3. The number of Topliss-reactive ketones (excluding diaryl/α,β-unsaturated/α-hetero) is 1. The molecule has 6 heteroatoms. The molecule has 5 nitrogen and oxygen atoms in total. The lowest BCUT2D eigenvalue weighted by Gasteiger charge is -2.14. The topological polar surface area (TPSA) is 58.6 Å². The second-order valence-corrected chi connectivity index (χ2v) is 4.27. The van der Waals surface area contributed by atoms with Crippen molar-refractivity contribution in [1.29, 1.82) is 0 Å². The van der Waals surface area contributed by atoms with E-state index < -0.39 is 5.82 Å². The van der Waals surface area contributed by atoms with Crippen LogP contribution in [0.5, 0.6) is 5.75 Å². The monoisotopic (exact) mass is 266 g/mol. The van der Waals surface area contributed by atoms with E-state index in [1.54, 1.807) is 11.0 Å². The Bertz CT molecular complexity index is 505. The van der Waals surface area contributed by atoms with Gasteiger partial charge in [0, 0.05) is 19.2 Å². The number of rotatable bonds is 5. The molecule has 2 rings (SSSR count). The molecule has 0 bridgehead atoms. The standard InChI is InChI=1S/C13H15FN2O3/c1-9(17)11-3-2-10(8-12(11)14)19-7-6-16-5-4-15-13(16)18/h2-3,8H,4-7H2,1H3,(H,15,18). The highest BCUT2D eigenvalue weighted by Gasteiger charge is 2.18. The summed E-state index contributed by atoms with van der Waals surface area (Å²) in [5.41, 5.74) is 0.0475. The van der Waals surface area contributed by atoms with Crippen LogP contribution in [-0.2, 0) is 0 Å². The number of carbonyl (C=O) groups is 2. The maximum absolute atomic E-state index is 13.5. The number of ether oxygens (including phenoxy) is 1. The summed E-state index contributed by atoms with van der Waals surface area (Å²) >= 11 is 0. The van der Waals surface area contributed by atoms with Crippen molar-refractivity contribution < 1.29 is 18.7 Å². The van der Waals surface area contributed by atoms with Crippen LogP contribution in [0.3, 0.4) is 0 Å². The summed E-state index contributed by atoms with van der Waals surface area (Å²) in [5.74, 6) is -0.566. The number of nitrogens with zero attached hydrogens (tertiary/aromatic N) is 1. The van der Waals surface area contributed by atoms with Gasteiger partial charge in [0.15, 0.2) is 5.78 Å². The molecule has 1 aromatic rings. The van der Waals surface area contributed by atoms with Crippen molar-refractivity contribution >= 4 is 11.8 Å². The van der Waals surface area contributed by atoms with Crippen LogP contribution < -0.4 is 10.1 Å². The van der Waals surface area contributed by atoms with Gasteiger partial charge in [-0.3, -0.25) is 4.79 Å². The molecule has 1 fully saturated rings. The van der Waals surface area contributed by atoms with Gasteiger partial charge in [-0.15, -0.1) is 0 Å². The number of benzene rings is 1. The molecule has 0 unspecified atom stereocenters. The summed E-state index contributed by atoms with van der Waals surface area (Å²) in [5, 5.41) is 2.68. The number of ketones is 1. The normalized spacial score (nSPS) is 14.4. The largest absolute Gasteiger partial charge is 0.492 e. The highest BCUT2D eigenvalue weighted by Crippen LogP contribution is 2.17. The van der Waals surface area contributed by atoms with E-state index in [9.17, 15) is 14.0 Å². The SMILES string of the molecule is CC(=O)c1ccc(OCCN2CCNC2=O)cc1F. The van der Waals surface area contributed by atoms with Gasteiger partial charge in [0.05, 0.1) is 12.1 Å². The third-order valence-electron chi connectivity index (χ3n) is 2.89. The van der Waals surface area contributed by atoms with Gasteiger partial charge < -0.3 is 15.0 Å². The number of urea groups is 1. The zero-order chi connectivity index (χ0) is 13.8. The van der Waals surface area contributed by atoms with Crippen molar-refractivity contribution in [3.63, 3.8) is 0 Å². The Labute approximate surface area is 110 Å². The fourth-order valence-corrected chi connectivity index (χ4v) is 1.87. The predicted octanol–water partition coefficient (Wildman–Crippen LogP) is 1.43. The Morgan fingerprint density at radius 2 is 2.32 bits per heavy atom. The van der Waals surface area contributed by atoms with Crippen molar-refractivity contribution in [1.82, 2.24) is 10.2 Å². The van der Waals surface area contributed by atoms with E-state index in [0.717, 1.165) is 0 Å². The van der Waals surface area contributed by atoms with Crippen molar-refractivity contribution in [2.75, 3.05) is 26.2 Å². The maximum atomic E-state index is 13.5. The number of nitrogens with one attached hydrogen (secondary N) is 1. The summed E-state index contributed by atoms with van der Waals surface area (Å²) in [6.45, 7) is 3.33. The lowest BCUT2D eigenvalue weighted by Crippen LogP contribution is -2.31. The third-order valence-corrected chi connectivity index (χ3v) is 2.89.